The van der Waals surface area contributed by atoms with Crippen molar-refractivity contribution in [3.05, 3.63) is 35.9 Å². The molecule has 0 saturated carbocycles. The van der Waals surface area contributed by atoms with Gasteiger partial charge in [-0.15, -0.1) is 0 Å². The Balaban J connectivity index is 2.59. The predicted octanol–water partition coefficient (Wildman–Crippen LogP) is 2.18. The summed E-state index contributed by atoms with van der Waals surface area (Å²) < 4.78 is 1.55. The highest BCUT2D eigenvalue weighted by molar-refractivity contribution is 7.93. The molecule has 54 valence electrons. The Bertz CT molecular complexity index is 186. The van der Waals surface area contributed by atoms with E-state index < -0.39 is 0 Å². The third kappa shape index (κ3) is 2.64. The monoisotopic (exact) mass is 171 g/mol. The van der Waals surface area contributed by atoms with Crippen molar-refractivity contribution in [1.29, 1.82) is 0 Å². The molecule has 0 heterocycles. The molecular weight excluding hydrogens is 162 g/mol. The van der Waals surface area contributed by atoms with Crippen molar-refractivity contribution in [2.45, 2.75) is 6.54 Å². The number of rotatable bonds is 2. The van der Waals surface area contributed by atoms with E-state index in [4.69, 9.17) is 0 Å². The average Bonchev–Trinajstić information content (AvgIpc) is 1.88. The number of nitrogens with zero attached hydrogens (tertiary/aromatic N) is 1. The smallest absolute Gasteiger partial charge is 0.0448 e. The van der Waals surface area contributed by atoms with E-state index >= 15 is 0 Å². The van der Waals surface area contributed by atoms with Crippen LogP contribution < -0.4 is 0 Å². The van der Waals surface area contributed by atoms with Crippen LogP contribution in [0.5, 0.6) is 0 Å². The molecule has 0 aliphatic rings. The molecule has 0 amide bonds. The van der Waals surface area contributed by atoms with Crippen molar-refractivity contribution >= 4 is 25.6 Å². The Kier molecular flexibility index (Phi) is 3.12. The molecule has 10 heavy (non-hydrogen) atoms. The van der Waals surface area contributed by atoms with Gasteiger partial charge in [0.15, 0.2) is 0 Å². The second kappa shape index (κ2) is 3.91. The molecular formula is C7H9NS2. The first-order valence-electron chi connectivity index (χ1n) is 2.98. The summed E-state index contributed by atoms with van der Waals surface area (Å²) in [6.07, 6.45) is 0. The van der Waals surface area contributed by atoms with Crippen molar-refractivity contribution in [2.24, 2.45) is 0 Å². The molecule has 0 radical (unpaired) electrons. The van der Waals surface area contributed by atoms with Gasteiger partial charge in [-0.2, -0.15) is 3.71 Å². The van der Waals surface area contributed by atoms with Crippen LogP contribution >= 0.6 is 25.6 Å². The fourth-order valence-electron chi connectivity index (χ4n) is 0.747. The Labute approximate surface area is 72.1 Å². The molecule has 1 aromatic carbocycles. The molecule has 0 saturated heterocycles. The largest absolute Gasteiger partial charge is 0.196 e. The molecule has 0 atom stereocenters. The molecule has 0 aliphatic heterocycles. The minimum absolute atomic E-state index is 0.757. The molecule has 0 unspecified atom stereocenters. The molecule has 0 spiro atoms. The van der Waals surface area contributed by atoms with Crippen molar-refractivity contribution < 1.29 is 0 Å². The molecule has 0 bridgehead atoms. The Hall–Kier alpha value is -0.120. The van der Waals surface area contributed by atoms with E-state index in [1.165, 1.54) is 5.56 Å². The maximum Gasteiger partial charge on any atom is 0.0448 e. The third-order valence-corrected chi connectivity index (χ3v) is 1.45. The lowest BCUT2D eigenvalue weighted by Crippen LogP contribution is -1.96. The normalized spacial score (nSPS) is 10.3. The van der Waals surface area contributed by atoms with Gasteiger partial charge in [0.25, 0.3) is 0 Å². The van der Waals surface area contributed by atoms with Gasteiger partial charge in [-0.05, 0) is 5.56 Å². The first-order chi connectivity index (χ1) is 4.79. The van der Waals surface area contributed by atoms with Gasteiger partial charge < -0.3 is 0 Å². The lowest BCUT2D eigenvalue weighted by atomic mass is 10.2. The fourth-order valence-corrected chi connectivity index (χ4v) is 1.07. The lowest BCUT2D eigenvalue weighted by Gasteiger charge is -2.05. The minimum atomic E-state index is 0.757. The molecule has 1 rings (SSSR count). The van der Waals surface area contributed by atoms with Gasteiger partial charge in [-0.1, -0.05) is 56.0 Å². The summed E-state index contributed by atoms with van der Waals surface area (Å²) in [4.78, 5) is 0. The van der Waals surface area contributed by atoms with Gasteiger partial charge in [0.2, 0.25) is 0 Å². The van der Waals surface area contributed by atoms with Crippen molar-refractivity contribution in [3.8, 4) is 0 Å². The van der Waals surface area contributed by atoms with Gasteiger partial charge >= 0.3 is 0 Å². The Morgan fingerprint density at radius 3 is 2.20 bits per heavy atom. The number of hydrogen-bond acceptors (Lipinski definition) is 3. The van der Waals surface area contributed by atoms with Gasteiger partial charge in [0, 0.05) is 6.54 Å². The number of benzene rings is 1. The summed E-state index contributed by atoms with van der Waals surface area (Å²) in [6, 6.07) is 10.1. The fraction of sp³-hybridized carbons (Fsp3) is 0.143. The highest BCUT2D eigenvalue weighted by Crippen LogP contribution is 2.07. The van der Waals surface area contributed by atoms with Gasteiger partial charge in [-0.25, -0.2) is 0 Å². The summed E-state index contributed by atoms with van der Waals surface area (Å²) in [5, 5.41) is 0. The van der Waals surface area contributed by atoms with Crippen molar-refractivity contribution in [1.82, 2.24) is 3.71 Å². The number of hydrogen-bond donors (Lipinski definition) is 2. The highest BCUT2D eigenvalue weighted by atomic mass is 32.2. The minimum Gasteiger partial charge on any atom is -0.196 e. The zero-order chi connectivity index (χ0) is 7.40. The lowest BCUT2D eigenvalue weighted by molar-refractivity contribution is 0.758. The van der Waals surface area contributed by atoms with Crippen LogP contribution in [-0.2, 0) is 6.54 Å². The van der Waals surface area contributed by atoms with Crippen LogP contribution in [0.2, 0.25) is 0 Å². The SMILES string of the molecule is SN(S)Cc1ccccc1. The van der Waals surface area contributed by atoms with E-state index in [1.807, 2.05) is 30.3 Å². The van der Waals surface area contributed by atoms with Crippen molar-refractivity contribution in [2.75, 3.05) is 0 Å². The number of thiol groups is 2. The first-order valence-corrected chi connectivity index (χ1v) is 3.78. The highest BCUT2D eigenvalue weighted by Gasteiger charge is 1.92. The van der Waals surface area contributed by atoms with Crippen LogP contribution in [0.3, 0.4) is 0 Å². The average molecular weight is 171 g/mol. The summed E-state index contributed by atoms with van der Waals surface area (Å²) in [5.41, 5.74) is 1.22. The third-order valence-electron chi connectivity index (χ3n) is 1.17. The van der Waals surface area contributed by atoms with Crippen LogP contribution in [0.25, 0.3) is 0 Å². The van der Waals surface area contributed by atoms with Crippen LogP contribution in [0.4, 0.5) is 0 Å². The molecule has 1 nitrogen and oxygen atoms in total. The molecule has 0 N–H and O–H groups in total. The van der Waals surface area contributed by atoms with Gasteiger partial charge in [0.1, 0.15) is 0 Å². The summed E-state index contributed by atoms with van der Waals surface area (Å²) in [7, 11) is 0. The van der Waals surface area contributed by atoms with Crippen molar-refractivity contribution in [3.63, 3.8) is 0 Å². The van der Waals surface area contributed by atoms with Gasteiger partial charge in [0.05, 0.1) is 0 Å². The van der Waals surface area contributed by atoms with Crippen LogP contribution in [0.1, 0.15) is 5.56 Å². The first kappa shape index (κ1) is 7.98. The molecule has 3 heteroatoms. The summed E-state index contributed by atoms with van der Waals surface area (Å²) in [5.74, 6) is 0. The molecule has 0 fully saturated rings. The van der Waals surface area contributed by atoms with Crippen LogP contribution in [-0.4, -0.2) is 3.71 Å². The maximum atomic E-state index is 4.01. The standard InChI is InChI=1S/C7H9NS2/c9-8(10)6-7-4-2-1-3-5-7/h1-5,9-10H,6H2. The Morgan fingerprint density at radius 1 is 1.10 bits per heavy atom. The second-order valence-electron chi connectivity index (χ2n) is 2.02. The summed E-state index contributed by atoms with van der Waals surface area (Å²) >= 11 is 8.01. The van der Waals surface area contributed by atoms with E-state index in [0.29, 0.717) is 0 Å². The molecule has 0 aromatic heterocycles. The second-order valence-corrected chi connectivity index (χ2v) is 3.30. The summed E-state index contributed by atoms with van der Waals surface area (Å²) in [6.45, 7) is 0.757. The zero-order valence-electron chi connectivity index (χ0n) is 5.44. The zero-order valence-corrected chi connectivity index (χ0v) is 7.22. The van der Waals surface area contributed by atoms with Crippen LogP contribution in [0.15, 0.2) is 30.3 Å². The van der Waals surface area contributed by atoms with E-state index in [0.717, 1.165) is 6.54 Å². The van der Waals surface area contributed by atoms with Gasteiger partial charge in [-0.3, -0.25) is 0 Å². The van der Waals surface area contributed by atoms with E-state index in [-0.39, 0.29) is 0 Å². The Morgan fingerprint density at radius 2 is 1.70 bits per heavy atom. The quantitative estimate of drug-likeness (QED) is 0.645. The van der Waals surface area contributed by atoms with E-state index in [2.05, 4.69) is 25.6 Å². The van der Waals surface area contributed by atoms with E-state index in [9.17, 15) is 0 Å². The topological polar surface area (TPSA) is 3.24 Å². The predicted molar refractivity (Wildman–Crippen MR) is 50.0 cm³/mol. The maximum absolute atomic E-state index is 4.01. The van der Waals surface area contributed by atoms with E-state index in [1.54, 1.807) is 3.71 Å². The molecule has 1 aromatic rings. The van der Waals surface area contributed by atoms with Crippen LogP contribution in [0, 0.1) is 0 Å². The molecule has 0 aliphatic carbocycles.